The summed E-state index contributed by atoms with van der Waals surface area (Å²) in [5.74, 6) is 1.17. The summed E-state index contributed by atoms with van der Waals surface area (Å²) in [6.45, 7) is 3.77. The Balaban J connectivity index is 1.41. The van der Waals surface area contributed by atoms with Gasteiger partial charge in [0, 0.05) is 37.3 Å². The van der Waals surface area contributed by atoms with E-state index in [9.17, 15) is 18.3 Å². The van der Waals surface area contributed by atoms with Crippen molar-refractivity contribution in [3.8, 4) is 17.2 Å². The molecule has 5 rings (SSSR count). The molecule has 0 fully saturated rings. The molecule has 2 aliphatic heterocycles. The fraction of sp³-hybridized carbons (Fsp3) is 0.464. The van der Waals surface area contributed by atoms with E-state index < -0.39 is 22.2 Å². The Kier molecular flexibility index (Phi) is 7.75. The van der Waals surface area contributed by atoms with Crippen LogP contribution in [0.2, 0.25) is 0 Å². The van der Waals surface area contributed by atoms with Gasteiger partial charge in [0.15, 0.2) is 11.5 Å². The van der Waals surface area contributed by atoms with Gasteiger partial charge in [-0.2, -0.15) is 4.31 Å². The molecule has 210 valence electrons. The van der Waals surface area contributed by atoms with Crippen molar-refractivity contribution in [3.05, 3.63) is 48.0 Å². The van der Waals surface area contributed by atoms with E-state index in [0.717, 1.165) is 24.8 Å². The molecule has 1 aliphatic carbocycles. The number of fused-ring (bicyclic) bond motifs is 2. The molecular weight excluding hydrogens is 522 g/mol. The van der Waals surface area contributed by atoms with E-state index in [1.807, 2.05) is 13.0 Å². The largest absolute Gasteiger partial charge is 0.487 e. The third kappa shape index (κ3) is 5.57. The van der Waals surface area contributed by atoms with Gasteiger partial charge in [-0.25, -0.2) is 13.2 Å². The Morgan fingerprint density at radius 1 is 1.18 bits per heavy atom. The topological polar surface area (TPSA) is 118 Å². The lowest BCUT2D eigenvalue weighted by atomic mass is 10.0. The number of rotatable bonds is 6. The van der Waals surface area contributed by atoms with Crippen molar-refractivity contribution in [1.82, 2.24) is 9.21 Å². The quantitative estimate of drug-likeness (QED) is 0.553. The smallest absolute Gasteiger partial charge is 0.321 e. The van der Waals surface area contributed by atoms with Crippen LogP contribution in [0.25, 0.3) is 5.57 Å². The number of carbonyl (C=O) groups is 1. The van der Waals surface area contributed by atoms with Crippen molar-refractivity contribution in [3.63, 3.8) is 0 Å². The summed E-state index contributed by atoms with van der Waals surface area (Å²) < 4.78 is 45.9. The highest BCUT2D eigenvalue weighted by Crippen LogP contribution is 2.38. The number of urea groups is 1. The number of aliphatic hydroxyl groups is 1. The van der Waals surface area contributed by atoms with Crippen LogP contribution in [0.4, 0.5) is 10.5 Å². The van der Waals surface area contributed by atoms with Gasteiger partial charge in [0.2, 0.25) is 16.8 Å². The molecule has 3 atom stereocenters. The maximum absolute atomic E-state index is 13.7. The molecule has 2 aromatic rings. The van der Waals surface area contributed by atoms with Crippen LogP contribution in [0.3, 0.4) is 0 Å². The highest BCUT2D eigenvalue weighted by atomic mass is 32.2. The van der Waals surface area contributed by atoms with Crippen LogP contribution in [0.15, 0.2) is 47.4 Å². The zero-order chi connectivity index (χ0) is 27.7. The average molecular weight is 558 g/mol. The van der Waals surface area contributed by atoms with Gasteiger partial charge in [-0.1, -0.05) is 19.1 Å². The van der Waals surface area contributed by atoms with Gasteiger partial charge in [0.05, 0.1) is 13.2 Å². The fourth-order valence-electron chi connectivity index (χ4n) is 5.12. The van der Waals surface area contributed by atoms with Crippen LogP contribution in [0.5, 0.6) is 17.2 Å². The summed E-state index contributed by atoms with van der Waals surface area (Å²) in [7, 11) is -2.26. The van der Waals surface area contributed by atoms with Crippen molar-refractivity contribution in [1.29, 1.82) is 0 Å². The third-order valence-corrected chi connectivity index (χ3v) is 9.52. The molecule has 0 saturated heterocycles. The number of anilines is 1. The number of aliphatic hydroxyl groups excluding tert-OH is 1. The molecule has 39 heavy (non-hydrogen) atoms. The minimum Gasteiger partial charge on any atom is -0.487 e. The number of benzene rings is 2. The molecule has 2 heterocycles. The van der Waals surface area contributed by atoms with Crippen LogP contribution in [-0.2, 0) is 10.0 Å². The number of carbonyl (C=O) groups excluding carboxylic acids is 1. The molecule has 2 N–H and O–H groups in total. The van der Waals surface area contributed by atoms with Crippen molar-refractivity contribution in [2.45, 2.75) is 50.2 Å². The lowest BCUT2D eigenvalue weighted by Crippen LogP contribution is -2.50. The van der Waals surface area contributed by atoms with E-state index in [1.165, 1.54) is 14.8 Å². The number of hydrogen-bond donors (Lipinski definition) is 2. The molecule has 10 nitrogen and oxygen atoms in total. The number of nitrogens with zero attached hydrogens (tertiary/aromatic N) is 2. The standard InChI is InChI=1S/C28H35N3O7S/c1-18-14-31(19(2)16-32)39(34,35)27-11-8-21(20-6-4-5-7-20)12-25(27)38-26(18)15-30(3)28(33)29-22-9-10-23-24(13-22)37-17-36-23/h6,8-13,18-19,26,32H,4-5,7,14-17H2,1-3H3,(H,29,33)/t18-,19+,26+/m0/s1. The zero-order valence-electron chi connectivity index (χ0n) is 22.4. The van der Waals surface area contributed by atoms with Crippen LogP contribution in [0.1, 0.15) is 38.7 Å². The van der Waals surface area contributed by atoms with E-state index in [0.29, 0.717) is 17.2 Å². The normalized spacial score (nSPS) is 22.6. The van der Waals surface area contributed by atoms with Gasteiger partial charge in [0.1, 0.15) is 16.7 Å². The summed E-state index contributed by atoms with van der Waals surface area (Å²) >= 11 is 0. The Bertz CT molecular complexity index is 1380. The van der Waals surface area contributed by atoms with Gasteiger partial charge in [-0.3, -0.25) is 0 Å². The summed E-state index contributed by atoms with van der Waals surface area (Å²) in [5, 5.41) is 12.7. The number of nitrogens with one attached hydrogen (secondary N) is 1. The van der Waals surface area contributed by atoms with Crippen LogP contribution >= 0.6 is 0 Å². The SMILES string of the molecule is C[C@H](CO)N1C[C@H](C)[C@@H](CN(C)C(=O)Nc2ccc3c(c2)OCO3)Oc2cc(C3=CCCC3)ccc2S1(=O)=O. The van der Waals surface area contributed by atoms with Crippen molar-refractivity contribution < 1.29 is 32.5 Å². The maximum Gasteiger partial charge on any atom is 0.321 e. The van der Waals surface area contributed by atoms with Gasteiger partial charge in [-0.05, 0) is 61.6 Å². The second-order valence-electron chi connectivity index (χ2n) is 10.4. The number of hydrogen-bond acceptors (Lipinski definition) is 7. The van der Waals surface area contributed by atoms with Gasteiger partial charge >= 0.3 is 6.03 Å². The van der Waals surface area contributed by atoms with Crippen molar-refractivity contribution in [2.24, 2.45) is 5.92 Å². The molecule has 2 aromatic carbocycles. The minimum atomic E-state index is -3.93. The predicted octanol–water partition coefficient (Wildman–Crippen LogP) is 3.92. The maximum atomic E-state index is 13.7. The summed E-state index contributed by atoms with van der Waals surface area (Å²) in [6.07, 6.45) is 4.66. The average Bonchev–Trinajstić information content (AvgIpc) is 3.62. The molecule has 0 bridgehead atoms. The molecule has 0 radical (unpaired) electrons. The molecule has 3 aliphatic rings. The van der Waals surface area contributed by atoms with Crippen LogP contribution < -0.4 is 19.5 Å². The van der Waals surface area contributed by atoms with Crippen LogP contribution in [0, 0.1) is 5.92 Å². The molecule has 0 aromatic heterocycles. The van der Waals surface area contributed by atoms with Gasteiger partial charge < -0.3 is 29.5 Å². The molecular formula is C28H35N3O7S. The van der Waals surface area contributed by atoms with Crippen molar-refractivity contribution >= 4 is 27.3 Å². The zero-order valence-corrected chi connectivity index (χ0v) is 23.2. The number of allylic oxidation sites excluding steroid dienone is 2. The summed E-state index contributed by atoms with van der Waals surface area (Å²) in [4.78, 5) is 14.7. The second kappa shape index (κ2) is 11.1. The number of ether oxygens (including phenoxy) is 3. The van der Waals surface area contributed by atoms with Gasteiger partial charge in [-0.15, -0.1) is 0 Å². The first kappa shape index (κ1) is 27.3. The predicted molar refractivity (Wildman–Crippen MR) is 147 cm³/mol. The monoisotopic (exact) mass is 557 g/mol. The van der Waals surface area contributed by atoms with E-state index >= 15 is 0 Å². The summed E-state index contributed by atoms with van der Waals surface area (Å²) in [6, 6.07) is 9.44. The number of sulfonamides is 1. The molecule has 11 heteroatoms. The van der Waals surface area contributed by atoms with E-state index in [-0.39, 0.29) is 49.1 Å². The third-order valence-electron chi connectivity index (χ3n) is 7.50. The molecule has 0 unspecified atom stereocenters. The van der Waals surface area contributed by atoms with Crippen molar-refractivity contribution in [2.75, 3.05) is 38.9 Å². The van der Waals surface area contributed by atoms with E-state index in [4.69, 9.17) is 14.2 Å². The first-order chi connectivity index (χ1) is 18.7. The molecule has 2 amide bonds. The lowest BCUT2D eigenvalue weighted by molar-refractivity contribution is 0.0830. The lowest BCUT2D eigenvalue weighted by Gasteiger charge is -2.37. The Morgan fingerprint density at radius 2 is 1.97 bits per heavy atom. The first-order valence-corrected chi connectivity index (χ1v) is 14.7. The summed E-state index contributed by atoms with van der Waals surface area (Å²) in [5.41, 5.74) is 2.67. The first-order valence-electron chi connectivity index (χ1n) is 13.2. The molecule has 0 spiro atoms. The van der Waals surface area contributed by atoms with E-state index in [1.54, 1.807) is 44.3 Å². The highest BCUT2D eigenvalue weighted by molar-refractivity contribution is 7.89. The van der Waals surface area contributed by atoms with Crippen LogP contribution in [-0.4, -0.2) is 74.4 Å². The Morgan fingerprint density at radius 3 is 2.72 bits per heavy atom. The number of amides is 2. The van der Waals surface area contributed by atoms with E-state index in [2.05, 4.69) is 11.4 Å². The Hall–Kier alpha value is -3.28. The molecule has 0 saturated carbocycles. The highest BCUT2D eigenvalue weighted by Gasteiger charge is 2.38. The Labute approximate surface area is 229 Å². The van der Waals surface area contributed by atoms with Gasteiger partial charge in [0.25, 0.3) is 0 Å². The number of likely N-dealkylation sites (N-methyl/N-ethyl adjacent to an activating group) is 1. The minimum absolute atomic E-state index is 0.0644. The second-order valence-corrected chi connectivity index (χ2v) is 12.3. The fourth-order valence-corrected chi connectivity index (χ4v) is 6.95.